The normalized spacial score (nSPS) is 12.2. The van der Waals surface area contributed by atoms with E-state index >= 15 is 0 Å². The Balaban J connectivity index is 2.59. The predicted molar refractivity (Wildman–Crippen MR) is 59.3 cm³/mol. The minimum atomic E-state index is -2.91. The van der Waals surface area contributed by atoms with Crippen LogP contribution in [-0.4, -0.2) is 36.0 Å². The number of nitrogens with two attached hydrogens (primary N) is 1. The van der Waals surface area contributed by atoms with Crippen molar-refractivity contribution in [1.29, 1.82) is 0 Å². The zero-order valence-electron chi connectivity index (χ0n) is 9.27. The highest BCUT2D eigenvalue weighted by molar-refractivity contribution is 5.97. The van der Waals surface area contributed by atoms with Crippen LogP contribution in [0.4, 0.5) is 8.78 Å². The summed E-state index contributed by atoms with van der Waals surface area (Å²) < 4.78 is 23.9. The molecule has 1 aromatic rings. The third-order valence-electron chi connectivity index (χ3n) is 2.19. The van der Waals surface area contributed by atoms with Crippen LogP contribution < -0.4 is 11.1 Å². The van der Waals surface area contributed by atoms with E-state index in [-0.39, 0.29) is 11.1 Å². The van der Waals surface area contributed by atoms with Crippen LogP contribution in [0.1, 0.15) is 20.7 Å². The fourth-order valence-corrected chi connectivity index (χ4v) is 1.17. The van der Waals surface area contributed by atoms with E-state index in [1.165, 1.54) is 24.3 Å². The number of alkyl halides is 2. The van der Waals surface area contributed by atoms with E-state index in [0.29, 0.717) is 0 Å². The van der Waals surface area contributed by atoms with Gasteiger partial charge in [-0.05, 0) is 24.3 Å². The number of nitrogens with one attached hydrogen (secondary N) is 1. The molecule has 0 spiro atoms. The molecule has 7 heteroatoms. The first-order valence-electron chi connectivity index (χ1n) is 5.06. The van der Waals surface area contributed by atoms with Gasteiger partial charge in [0.25, 0.3) is 12.3 Å². The molecule has 1 unspecified atom stereocenters. The molecule has 2 amide bonds. The maximum Gasteiger partial charge on any atom is 0.265 e. The summed E-state index contributed by atoms with van der Waals surface area (Å²) in [7, 11) is 0. The molecule has 1 aromatic carbocycles. The van der Waals surface area contributed by atoms with E-state index in [1.54, 1.807) is 0 Å². The zero-order chi connectivity index (χ0) is 13.7. The number of halogens is 2. The Bertz CT molecular complexity index is 434. The largest absolute Gasteiger partial charge is 0.385 e. The smallest absolute Gasteiger partial charge is 0.265 e. The summed E-state index contributed by atoms with van der Waals surface area (Å²) in [5.41, 5.74) is 5.43. The Morgan fingerprint density at radius 2 is 1.72 bits per heavy atom. The highest BCUT2D eigenvalue weighted by Crippen LogP contribution is 2.04. The van der Waals surface area contributed by atoms with Gasteiger partial charge in [-0.15, -0.1) is 0 Å². The molecule has 18 heavy (non-hydrogen) atoms. The average molecular weight is 258 g/mol. The van der Waals surface area contributed by atoms with E-state index in [2.05, 4.69) is 5.32 Å². The van der Waals surface area contributed by atoms with E-state index in [9.17, 15) is 18.4 Å². The second-order valence-electron chi connectivity index (χ2n) is 3.55. The fraction of sp³-hybridized carbons (Fsp3) is 0.273. The summed E-state index contributed by atoms with van der Waals surface area (Å²) in [6, 6.07) is 5.37. The highest BCUT2D eigenvalue weighted by Gasteiger charge is 2.17. The van der Waals surface area contributed by atoms with E-state index in [4.69, 9.17) is 10.8 Å². The highest BCUT2D eigenvalue weighted by atomic mass is 19.3. The quantitative estimate of drug-likeness (QED) is 0.701. The molecule has 0 bridgehead atoms. The molecule has 0 fully saturated rings. The number of rotatable bonds is 5. The van der Waals surface area contributed by atoms with Gasteiger partial charge in [-0.1, -0.05) is 0 Å². The number of amides is 2. The van der Waals surface area contributed by atoms with Crippen LogP contribution in [0.25, 0.3) is 0 Å². The lowest BCUT2D eigenvalue weighted by Crippen LogP contribution is -2.35. The minimum absolute atomic E-state index is 0.182. The minimum Gasteiger partial charge on any atom is -0.385 e. The molecule has 0 aromatic heterocycles. The lowest BCUT2D eigenvalue weighted by Gasteiger charge is -2.10. The van der Waals surface area contributed by atoms with Crippen LogP contribution in [0.5, 0.6) is 0 Å². The van der Waals surface area contributed by atoms with E-state index in [0.717, 1.165) is 0 Å². The van der Waals surface area contributed by atoms with Gasteiger partial charge >= 0.3 is 0 Å². The van der Waals surface area contributed by atoms with Gasteiger partial charge in [-0.25, -0.2) is 8.78 Å². The van der Waals surface area contributed by atoms with Crippen molar-refractivity contribution < 1.29 is 23.5 Å². The van der Waals surface area contributed by atoms with Crippen LogP contribution in [0.15, 0.2) is 24.3 Å². The zero-order valence-corrected chi connectivity index (χ0v) is 9.27. The van der Waals surface area contributed by atoms with Crippen LogP contribution in [0.2, 0.25) is 0 Å². The molecule has 1 atom stereocenters. The van der Waals surface area contributed by atoms with E-state index in [1.807, 2.05) is 0 Å². The second-order valence-corrected chi connectivity index (χ2v) is 3.55. The van der Waals surface area contributed by atoms with Crippen LogP contribution in [0.3, 0.4) is 0 Å². The van der Waals surface area contributed by atoms with Gasteiger partial charge in [-0.2, -0.15) is 0 Å². The number of aliphatic hydroxyl groups excluding tert-OH is 1. The summed E-state index contributed by atoms with van der Waals surface area (Å²) in [6.45, 7) is -0.548. The van der Waals surface area contributed by atoms with Gasteiger partial charge in [0.2, 0.25) is 5.91 Å². The monoisotopic (exact) mass is 258 g/mol. The Morgan fingerprint density at radius 3 is 2.17 bits per heavy atom. The molecule has 5 nitrogen and oxygen atoms in total. The van der Waals surface area contributed by atoms with Gasteiger partial charge in [-0.3, -0.25) is 9.59 Å². The number of hydrogen-bond donors (Lipinski definition) is 3. The molecular weight excluding hydrogens is 246 g/mol. The second kappa shape index (κ2) is 6.06. The summed E-state index contributed by atoms with van der Waals surface area (Å²) in [5.74, 6) is -1.25. The van der Waals surface area contributed by atoms with Crippen LogP contribution >= 0.6 is 0 Å². The van der Waals surface area contributed by atoms with Crippen molar-refractivity contribution in [2.75, 3.05) is 6.54 Å². The van der Waals surface area contributed by atoms with E-state index < -0.39 is 30.9 Å². The molecule has 0 saturated heterocycles. The van der Waals surface area contributed by atoms with Gasteiger partial charge in [0.1, 0.15) is 6.10 Å². The van der Waals surface area contributed by atoms with Crippen molar-refractivity contribution in [3.63, 3.8) is 0 Å². The Morgan fingerprint density at radius 1 is 1.22 bits per heavy atom. The van der Waals surface area contributed by atoms with Gasteiger partial charge in [0.05, 0.1) is 0 Å². The molecule has 4 N–H and O–H groups in total. The first-order valence-corrected chi connectivity index (χ1v) is 5.06. The Kier molecular flexibility index (Phi) is 4.73. The standard InChI is InChI=1S/C11H12F2N2O3/c12-9(13)8(16)5-15-11(18)7-3-1-6(2-4-7)10(14)17/h1-4,8-9,16H,5H2,(H2,14,17)(H,15,18). The number of hydrogen-bond acceptors (Lipinski definition) is 3. The molecule has 0 aliphatic heterocycles. The number of primary amides is 1. The Hall–Kier alpha value is -2.02. The molecular formula is C11H12F2N2O3. The molecule has 0 radical (unpaired) electrons. The molecule has 98 valence electrons. The first kappa shape index (κ1) is 14.0. The van der Waals surface area contributed by atoms with Gasteiger partial charge < -0.3 is 16.2 Å². The fourth-order valence-electron chi connectivity index (χ4n) is 1.17. The molecule has 0 aliphatic rings. The summed E-state index contributed by atoms with van der Waals surface area (Å²) in [6.07, 6.45) is -4.82. The average Bonchev–Trinajstić information content (AvgIpc) is 2.35. The third-order valence-corrected chi connectivity index (χ3v) is 2.19. The van der Waals surface area contributed by atoms with Crippen LogP contribution in [-0.2, 0) is 0 Å². The maximum absolute atomic E-state index is 12.0. The molecule has 0 saturated carbocycles. The topological polar surface area (TPSA) is 92.4 Å². The summed E-state index contributed by atoms with van der Waals surface area (Å²) >= 11 is 0. The van der Waals surface area contributed by atoms with Gasteiger partial charge in [0.15, 0.2) is 0 Å². The first-order chi connectivity index (χ1) is 8.41. The molecule has 0 heterocycles. The van der Waals surface area contributed by atoms with Crippen molar-refractivity contribution in [3.8, 4) is 0 Å². The predicted octanol–water partition coefficient (Wildman–Crippen LogP) is 0.141. The third kappa shape index (κ3) is 3.77. The van der Waals surface area contributed by atoms with Crippen molar-refractivity contribution in [2.24, 2.45) is 5.73 Å². The number of aliphatic hydroxyl groups is 1. The lowest BCUT2D eigenvalue weighted by atomic mass is 10.1. The molecule has 0 aliphatic carbocycles. The summed E-state index contributed by atoms with van der Waals surface area (Å²) in [5, 5.41) is 11.0. The summed E-state index contributed by atoms with van der Waals surface area (Å²) in [4.78, 5) is 22.2. The number of carbonyl (C=O) groups is 2. The van der Waals surface area contributed by atoms with Crippen molar-refractivity contribution in [2.45, 2.75) is 12.5 Å². The van der Waals surface area contributed by atoms with Crippen LogP contribution in [0, 0.1) is 0 Å². The van der Waals surface area contributed by atoms with Crippen molar-refractivity contribution in [1.82, 2.24) is 5.32 Å². The Labute approximate surface area is 102 Å². The molecule has 1 rings (SSSR count). The lowest BCUT2D eigenvalue weighted by molar-refractivity contribution is -0.00270. The number of benzene rings is 1. The number of carbonyl (C=O) groups excluding carboxylic acids is 2. The van der Waals surface area contributed by atoms with Crippen molar-refractivity contribution in [3.05, 3.63) is 35.4 Å². The SMILES string of the molecule is NC(=O)c1ccc(C(=O)NCC(O)C(F)F)cc1. The van der Waals surface area contributed by atoms with Gasteiger partial charge in [0, 0.05) is 17.7 Å². The maximum atomic E-state index is 12.0. The van der Waals surface area contributed by atoms with Crippen molar-refractivity contribution >= 4 is 11.8 Å².